The SMILES string of the molecule is CN1CCCC/C=C\C2C(=C=O)C2(NS(=O)(=O)C2CC2)NC(=O)C2CC(OC(=O)Nc3cc(C(F)(F)F)ccc3-n3cccn3)CC2C1=O. The average Bonchev–Trinajstić information content (AvgIpc) is 3.85. The van der Waals surface area contributed by atoms with Gasteiger partial charge in [0.1, 0.15) is 17.7 Å². The van der Waals surface area contributed by atoms with Gasteiger partial charge < -0.3 is 15.0 Å². The zero-order chi connectivity index (χ0) is 35.1. The number of sulfonamides is 1. The van der Waals surface area contributed by atoms with Crippen LogP contribution in [0.5, 0.6) is 0 Å². The third-order valence-electron chi connectivity index (χ3n) is 9.39. The number of ether oxygens (including phenoxy) is 1. The van der Waals surface area contributed by atoms with Crippen LogP contribution in [0.3, 0.4) is 0 Å². The van der Waals surface area contributed by atoms with E-state index < -0.39 is 68.5 Å². The first-order valence-corrected chi connectivity index (χ1v) is 17.5. The molecule has 3 aliphatic carbocycles. The zero-order valence-corrected chi connectivity index (χ0v) is 27.2. The lowest BCUT2D eigenvalue weighted by atomic mass is 9.93. The Morgan fingerprint density at radius 2 is 1.92 bits per heavy atom. The maximum Gasteiger partial charge on any atom is 0.416 e. The summed E-state index contributed by atoms with van der Waals surface area (Å²) < 4.78 is 76.1. The maximum atomic E-state index is 14.0. The van der Waals surface area contributed by atoms with Gasteiger partial charge in [-0.15, -0.1) is 0 Å². The lowest BCUT2D eigenvalue weighted by molar-refractivity contribution is -0.140. The number of amides is 3. The molecule has 1 aromatic heterocycles. The van der Waals surface area contributed by atoms with Crippen LogP contribution >= 0.6 is 0 Å². The largest absolute Gasteiger partial charge is 0.446 e. The summed E-state index contributed by atoms with van der Waals surface area (Å²) in [4.78, 5) is 54.3. The van der Waals surface area contributed by atoms with E-state index in [4.69, 9.17) is 4.74 Å². The van der Waals surface area contributed by atoms with Crippen LogP contribution in [-0.2, 0) is 35.3 Å². The lowest BCUT2D eigenvalue weighted by Gasteiger charge is -2.27. The Bertz CT molecular complexity index is 1820. The number of anilines is 1. The fourth-order valence-electron chi connectivity index (χ4n) is 6.60. The van der Waals surface area contributed by atoms with Gasteiger partial charge in [-0.3, -0.25) is 14.9 Å². The number of hydrogen-bond donors (Lipinski definition) is 3. The van der Waals surface area contributed by atoms with Crippen LogP contribution in [-0.4, -0.2) is 77.6 Å². The van der Waals surface area contributed by atoms with Crippen molar-refractivity contribution < 1.29 is 45.5 Å². The van der Waals surface area contributed by atoms with Crippen LogP contribution in [0, 0.1) is 17.8 Å². The van der Waals surface area contributed by atoms with Crippen molar-refractivity contribution in [2.24, 2.45) is 17.8 Å². The molecule has 3 saturated carbocycles. The van der Waals surface area contributed by atoms with E-state index in [0.717, 1.165) is 18.2 Å². The summed E-state index contributed by atoms with van der Waals surface area (Å²) >= 11 is 0. The molecule has 5 atom stereocenters. The molecule has 0 spiro atoms. The number of allylic oxidation sites excluding steroid dienone is 1. The molecular formula is C32H35F3N6O7S. The monoisotopic (exact) mass is 704 g/mol. The van der Waals surface area contributed by atoms with E-state index >= 15 is 0 Å². The number of nitrogens with zero attached hydrogens (tertiary/aromatic N) is 3. The molecule has 3 fully saturated rings. The van der Waals surface area contributed by atoms with Gasteiger partial charge in [-0.25, -0.2) is 22.7 Å². The van der Waals surface area contributed by atoms with Crippen LogP contribution in [0.15, 0.2) is 54.4 Å². The predicted molar refractivity (Wildman–Crippen MR) is 168 cm³/mol. The van der Waals surface area contributed by atoms with Crippen molar-refractivity contribution in [2.75, 3.05) is 18.9 Å². The van der Waals surface area contributed by atoms with Gasteiger partial charge in [-0.2, -0.15) is 23.0 Å². The molecule has 0 saturated heterocycles. The van der Waals surface area contributed by atoms with Crippen LogP contribution in [0.25, 0.3) is 5.69 Å². The normalized spacial score (nSPS) is 28.4. The first-order valence-electron chi connectivity index (χ1n) is 15.9. The summed E-state index contributed by atoms with van der Waals surface area (Å²) in [7, 11) is -2.31. The molecule has 3 amide bonds. The van der Waals surface area contributed by atoms with Gasteiger partial charge in [0, 0.05) is 26.0 Å². The first-order chi connectivity index (χ1) is 23.2. The van der Waals surface area contributed by atoms with Gasteiger partial charge >= 0.3 is 12.3 Å². The van der Waals surface area contributed by atoms with Crippen molar-refractivity contribution in [2.45, 2.75) is 68.1 Å². The molecule has 1 aromatic carbocycles. The summed E-state index contributed by atoms with van der Waals surface area (Å²) in [5.41, 5.74) is -2.85. The molecule has 262 valence electrons. The zero-order valence-electron chi connectivity index (χ0n) is 26.4. The van der Waals surface area contributed by atoms with E-state index in [9.17, 15) is 40.8 Å². The second kappa shape index (κ2) is 13.1. The third-order valence-corrected chi connectivity index (χ3v) is 11.3. The molecule has 17 heteroatoms. The van der Waals surface area contributed by atoms with Crippen LogP contribution < -0.4 is 15.4 Å². The standard InChI is InChI=1S/C32H35F3N6O7S/c1-40-13-5-3-2-4-7-24-25(18-42)31(24,39-49(46,47)21-9-10-21)38-28(43)22-16-20(17-23(22)29(40)44)48-30(45)37-26-15-19(32(33,34)35)8-11-27(26)41-14-6-12-36-41/h4,6-8,11-12,14-15,20-24,39H,2-3,5,9-10,13,16-17H2,1H3,(H,37,45)(H,38,43)/b7-4-. The Balaban J connectivity index is 1.25. The summed E-state index contributed by atoms with van der Waals surface area (Å²) in [6.45, 7) is 0.392. The van der Waals surface area contributed by atoms with Crippen molar-refractivity contribution in [1.29, 1.82) is 0 Å². The number of halogens is 3. The minimum absolute atomic E-state index is 0.00967. The van der Waals surface area contributed by atoms with Crippen LogP contribution in [0.2, 0.25) is 0 Å². The molecule has 6 rings (SSSR count). The Kier molecular flexibility index (Phi) is 9.19. The van der Waals surface area contributed by atoms with Gasteiger partial charge in [0.2, 0.25) is 21.8 Å². The molecule has 0 bridgehead atoms. The maximum absolute atomic E-state index is 14.0. The van der Waals surface area contributed by atoms with Gasteiger partial charge in [-0.1, -0.05) is 12.2 Å². The second-order valence-electron chi connectivity index (χ2n) is 12.8. The fraction of sp³-hybridized carbons (Fsp3) is 0.500. The Hall–Kier alpha value is -4.47. The van der Waals surface area contributed by atoms with Gasteiger partial charge in [0.05, 0.1) is 45.5 Å². The van der Waals surface area contributed by atoms with Crippen molar-refractivity contribution in [3.05, 3.63) is 59.9 Å². The Morgan fingerprint density at radius 3 is 2.59 bits per heavy atom. The van der Waals surface area contributed by atoms with Crippen LogP contribution in [0.1, 0.15) is 50.5 Å². The van der Waals surface area contributed by atoms with E-state index in [1.165, 1.54) is 22.0 Å². The number of benzene rings is 1. The van der Waals surface area contributed by atoms with E-state index in [-0.39, 0.29) is 35.7 Å². The second-order valence-corrected chi connectivity index (χ2v) is 14.8. The molecule has 0 radical (unpaired) electrons. The van der Waals surface area contributed by atoms with Crippen molar-refractivity contribution >= 4 is 39.6 Å². The van der Waals surface area contributed by atoms with Gasteiger partial charge in [0.15, 0.2) is 0 Å². The highest BCUT2D eigenvalue weighted by Gasteiger charge is 2.65. The number of carbonyl (C=O) groups excluding carboxylic acids is 4. The summed E-state index contributed by atoms with van der Waals surface area (Å²) in [6, 6.07) is 4.30. The highest BCUT2D eigenvalue weighted by atomic mass is 32.2. The van der Waals surface area contributed by atoms with Crippen molar-refractivity contribution in [3.8, 4) is 5.69 Å². The quantitative estimate of drug-likeness (QED) is 0.304. The number of rotatable bonds is 6. The lowest BCUT2D eigenvalue weighted by Crippen LogP contribution is -2.55. The first kappa shape index (κ1) is 34.4. The molecule has 3 N–H and O–H groups in total. The Morgan fingerprint density at radius 1 is 1.16 bits per heavy atom. The smallest absolute Gasteiger partial charge is 0.416 e. The number of fused-ring (bicyclic) bond motifs is 2. The number of carbonyl (C=O) groups is 3. The van der Waals surface area contributed by atoms with Crippen molar-refractivity contribution in [3.63, 3.8) is 0 Å². The summed E-state index contributed by atoms with van der Waals surface area (Å²) in [5.74, 6) is -2.18. The molecule has 1 aliphatic heterocycles. The molecule has 13 nitrogen and oxygen atoms in total. The topological polar surface area (TPSA) is 169 Å². The van der Waals surface area contributed by atoms with E-state index in [1.807, 2.05) is 0 Å². The molecule has 49 heavy (non-hydrogen) atoms. The third kappa shape index (κ3) is 7.14. The minimum atomic E-state index is -4.70. The average molecular weight is 705 g/mol. The molecule has 4 aliphatic rings. The van der Waals surface area contributed by atoms with Crippen molar-refractivity contribution in [1.82, 2.24) is 24.7 Å². The predicted octanol–water partition coefficient (Wildman–Crippen LogP) is 3.32. The fourth-order valence-corrected chi connectivity index (χ4v) is 8.26. The van der Waals surface area contributed by atoms with Gasteiger partial charge in [-0.05, 0) is 69.2 Å². The number of aromatic nitrogens is 2. The van der Waals surface area contributed by atoms with E-state index in [0.29, 0.717) is 38.6 Å². The number of nitrogens with one attached hydrogen (secondary N) is 3. The number of hydrogen-bond acceptors (Lipinski definition) is 8. The molecular weight excluding hydrogens is 669 g/mol. The Labute approximate surface area is 280 Å². The minimum Gasteiger partial charge on any atom is -0.446 e. The van der Waals surface area contributed by atoms with E-state index in [1.54, 1.807) is 31.2 Å². The molecule has 2 aromatic rings. The summed E-state index contributed by atoms with van der Waals surface area (Å²) in [6.07, 6.45) is 2.12. The number of alkyl halides is 3. The highest BCUT2D eigenvalue weighted by molar-refractivity contribution is 7.90. The summed E-state index contributed by atoms with van der Waals surface area (Å²) in [5, 5.41) is 8.43. The van der Waals surface area contributed by atoms with Crippen LogP contribution in [0.4, 0.5) is 23.7 Å². The highest BCUT2D eigenvalue weighted by Crippen LogP contribution is 2.50. The molecule has 2 heterocycles. The molecule has 5 unspecified atom stereocenters. The van der Waals surface area contributed by atoms with Gasteiger partial charge in [0.25, 0.3) is 0 Å². The van der Waals surface area contributed by atoms with E-state index in [2.05, 4.69) is 20.5 Å².